The van der Waals surface area contributed by atoms with Crippen LogP contribution >= 0.6 is 0 Å². The number of amides is 1. The van der Waals surface area contributed by atoms with Crippen molar-refractivity contribution in [2.45, 2.75) is 6.92 Å². The van der Waals surface area contributed by atoms with Gasteiger partial charge in [0.15, 0.2) is 11.6 Å². The molecule has 1 aliphatic heterocycles. The zero-order valence-electron chi connectivity index (χ0n) is 10.1. The average Bonchev–Trinajstić information content (AvgIpc) is 2.54. The molecule has 99 valence electrons. The second-order valence-corrected chi connectivity index (χ2v) is 5.30. The summed E-state index contributed by atoms with van der Waals surface area (Å²) >= 11 is 0. The minimum Gasteiger partial charge on any atom is -0.503 e. The van der Waals surface area contributed by atoms with E-state index in [2.05, 4.69) is 0 Å². The number of rotatable bonds is 1. The Balaban J connectivity index is 0.00000180. The molecule has 1 amide bonds. The third kappa shape index (κ3) is 2.93. The van der Waals surface area contributed by atoms with Gasteiger partial charge in [-0.25, -0.2) is 17.8 Å². The van der Waals surface area contributed by atoms with Crippen LogP contribution in [0, 0.1) is 18.6 Å². The molecule has 2 N–H and O–H groups in total. The van der Waals surface area contributed by atoms with E-state index in [0.29, 0.717) is 10.4 Å². The molecule has 0 saturated carbocycles. The molecule has 0 unspecified atom stereocenters. The van der Waals surface area contributed by atoms with Crippen molar-refractivity contribution in [3.63, 3.8) is 0 Å². The second-order valence-electron chi connectivity index (χ2n) is 3.70. The van der Waals surface area contributed by atoms with Crippen molar-refractivity contribution >= 4 is 73.2 Å². The van der Waals surface area contributed by atoms with Crippen LogP contribution in [0.4, 0.5) is 14.5 Å². The number of phenols is 1. The summed E-state index contributed by atoms with van der Waals surface area (Å²) in [5.41, 5.74) is -1.05. The molecule has 0 aromatic heterocycles. The molecule has 0 atom stereocenters. The Bertz CT molecular complexity index is 650. The summed E-state index contributed by atoms with van der Waals surface area (Å²) in [5, 5.41) is 9.49. The monoisotopic (exact) mass is 317 g/mol. The van der Waals surface area contributed by atoms with E-state index >= 15 is 0 Å². The van der Waals surface area contributed by atoms with Gasteiger partial charge in [-0.15, -0.1) is 0 Å². The van der Waals surface area contributed by atoms with E-state index in [9.17, 15) is 27.1 Å². The number of benzene rings is 1. The number of phenolic OH excluding ortho intramolecular Hbond substituents is 1. The van der Waals surface area contributed by atoms with E-state index in [4.69, 9.17) is 0 Å². The van der Waals surface area contributed by atoms with E-state index in [1.165, 1.54) is 0 Å². The van der Waals surface area contributed by atoms with Crippen molar-refractivity contribution < 1.29 is 27.1 Å². The number of halogens is 2. The first-order valence-corrected chi connectivity index (χ1v) is 6.19. The SMILES string of the molecule is Cc1c(F)cc(N2CC(=O)NS2(=O)=O)c(O)c1F.[K]. The first kappa shape index (κ1) is 16.8. The molecule has 6 nitrogen and oxygen atoms in total. The Hall–Kier alpha value is -0.264. The first-order valence-electron chi connectivity index (χ1n) is 4.75. The summed E-state index contributed by atoms with van der Waals surface area (Å²) < 4.78 is 51.7. The van der Waals surface area contributed by atoms with Crippen molar-refractivity contribution in [1.29, 1.82) is 0 Å². The Kier molecular flexibility index (Phi) is 4.96. The standard InChI is InChI=1S/C9H8F2N2O4S.K/c1-4-5(10)2-6(9(15)8(4)11)13-3-7(14)12-18(13,16)17;/h2,15H,3H2,1H3,(H,12,14);. The number of carbonyl (C=O) groups excluding carboxylic acids is 1. The molecule has 19 heavy (non-hydrogen) atoms. The van der Waals surface area contributed by atoms with Crippen molar-refractivity contribution in [2.75, 3.05) is 10.8 Å². The van der Waals surface area contributed by atoms with Gasteiger partial charge in [0.05, 0.1) is 0 Å². The van der Waals surface area contributed by atoms with E-state index in [1.807, 2.05) is 0 Å². The van der Waals surface area contributed by atoms with Crippen LogP contribution in [0.25, 0.3) is 0 Å². The zero-order chi connectivity index (χ0) is 13.7. The van der Waals surface area contributed by atoms with Gasteiger partial charge in [-0.3, -0.25) is 4.79 Å². The van der Waals surface area contributed by atoms with Gasteiger partial charge >= 0.3 is 10.2 Å². The largest absolute Gasteiger partial charge is 0.503 e. The van der Waals surface area contributed by atoms with Crippen molar-refractivity contribution in [1.82, 2.24) is 4.72 Å². The number of hydrogen-bond donors (Lipinski definition) is 2. The fourth-order valence-electron chi connectivity index (χ4n) is 1.54. The maximum Gasteiger partial charge on any atom is 0.326 e. The van der Waals surface area contributed by atoms with E-state index in [1.54, 1.807) is 4.72 Å². The molecule has 0 aliphatic carbocycles. The smallest absolute Gasteiger partial charge is 0.326 e. The zero-order valence-corrected chi connectivity index (χ0v) is 14.0. The number of anilines is 1. The summed E-state index contributed by atoms with van der Waals surface area (Å²) in [6.07, 6.45) is 0. The number of aromatic hydroxyl groups is 1. The third-order valence-electron chi connectivity index (χ3n) is 2.49. The molecule has 1 saturated heterocycles. The van der Waals surface area contributed by atoms with Crippen LogP contribution in [0.1, 0.15) is 5.56 Å². The predicted molar refractivity (Wildman–Crippen MR) is 62.9 cm³/mol. The Morgan fingerprint density at radius 3 is 2.47 bits per heavy atom. The molecule has 1 fully saturated rings. The number of nitrogens with one attached hydrogen (secondary N) is 1. The minimum absolute atomic E-state index is 0. The number of carbonyl (C=O) groups is 1. The minimum atomic E-state index is -4.22. The van der Waals surface area contributed by atoms with Crippen molar-refractivity contribution in [3.05, 3.63) is 23.3 Å². The molecule has 1 aromatic carbocycles. The molecule has 2 rings (SSSR count). The molecular weight excluding hydrogens is 309 g/mol. The summed E-state index contributed by atoms with van der Waals surface area (Å²) in [6.45, 7) is 0.452. The van der Waals surface area contributed by atoms with Crippen molar-refractivity contribution in [3.8, 4) is 5.75 Å². The van der Waals surface area contributed by atoms with Gasteiger partial charge in [0.25, 0.3) is 5.91 Å². The van der Waals surface area contributed by atoms with E-state index in [-0.39, 0.29) is 51.4 Å². The first-order chi connectivity index (χ1) is 8.24. The van der Waals surface area contributed by atoms with Gasteiger partial charge < -0.3 is 5.11 Å². The molecule has 1 heterocycles. The maximum absolute atomic E-state index is 13.4. The molecule has 0 bridgehead atoms. The van der Waals surface area contributed by atoms with Gasteiger partial charge in [0.2, 0.25) is 0 Å². The number of hydrogen-bond acceptors (Lipinski definition) is 4. The van der Waals surface area contributed by atoms with Crippen LogP contribution in [-0.4, -0.2) is 77.4 Å². The Labute approximate surface area is 150 Å². The average molecular weight is 317 g/mol. The van der Waals surface area contributed by atoms with Crippen molar-refractivity contribution in [2.24, 2.45) is 0 Å². The van der Waals surface area contributed by atoms with E-state index in [0.717, 1.165) is 6.92 Å². The van der Waals surface area contributed by atoms with Crippen LogP contribution < -0.4 is 9.03 Å². The van der Waals surface area contributed by atoms with Crippen LogP contribution in [-0.2, 0) is 15.0 Å². The fraction of sp³-hybridized carbons (Fsp3) is 0.222. The second kappa shape index (κ2) is 5.62. The molecule has 10 heteroatoms. The fourth-order valence-corrected chi connectivity index (χ4v) is 2.69. The van der Waals surface area contributed by atoms with Crippen LogP contribution in [0.2, 0.25) is 0 Å². The Morgan fingerprint density at radius 1 is 1.42 bits per heavy atom. The van der Waals surface area contributed by atoms with Gasteiger partial charge in [-0.1, -0.05) is 0 Å². The van der Waals surface area contributed by atoms with Crippen LogP contribution in [0.5, 0.6) is 5.75 Å². The summed E-state index contributed by atoms with van der Waals surface area (Å²) in [4.78, 5) is 11.0. The van der Waals surface area contributed by atoms with Gasteiger partial charge in [0.1, 0.15) is 18.0 Å². The van der Waals surface area contributed by atoms with Gasteiger partial charge in [0, 0.05) is 63.0 Å². The molecule has 1 aromatic rings. The van der Waals surface area contributed by atoms with Crippen LogP contribution in [0.3, 0.4) is 0 Å². The summed E-state index contributed by atoms with van der Waals surface area (Å²) in [7, 11) is -4.22. The summed E-state index contributed by atoms with van der Waals surface area (Å²) in [5.74, 6) is -4.15. The van der Waals surface area contributed by atoms with Gasteiger partial charge in [-0.05, 0) is 6.92 Å². The van der Waals surface area contributed by atoms with Crippen LogP contribution in [0.15, 0.2) is 6.07 Å². The topological polar surface area (TPSA) is 86.7 Å². The molecule has 1 radical (unpaired) electrons. The summed E-state index contributed by atoms with van der Waals surface area (Å²) in [6, 6.07) is 0.658. The quantitative estimate of drug-likeness (QED) is 0.701. The maximum atomic E-state index is 13.4. The third-order valence-corrected chi connectivity index (χ3v) is 3.88. The molecular formula is C9H8F2KN2O4S. The normalized spacial score (nSPS) is 17.0. The van der Waals surface area contributed by atoms with Gasteiger partial charge in [-0.2, -0.15) is 8.42 Å². The Morgan fingerprint density at radius 2 is 2.00 bits per heavy atom. The van der Waals surface area contributed by atoms with E-state index < -0.39 is 51.3 Å². The number of nitrogens with zero attached hydrogens (tertiary/aromatic N) is 1. The molecule has 1 aliphatic rings. The predicted octanol–water partition coefficient (Wildman–Crippen LogP) is -0.221. The molecule has 0 spiro atoms.